The van der Waals surface area contributed by atoms with Gasteiger partial charge in [-0.25, -0.2) is 23.1 Å². The van der Waals surface area contributed by atoms with E-state index in [1.165, 1.54) is 0 Å². The zero-order valence-electron chi connectivity index (χ0n) is 7.25. The van der Waals surface area contributed by atoms with Crippen molar-refractivity contribution in [3.05, 3.63) is 18.5 Å². The maximum atomic E-state index is 11.0. The standard InChI is InChI=1S/C7H9N3O3S/c11-14(12)5-6(4-10-14)13-7-8-2-1-3-9-7/h1-3,6,10H,4-5H2. The van der Waals surface area contributed by atoms with Gasteiger partial charge in [0.1, 0.15) is 11.9 Å². The summed E-state index contributed by atoms with van der Waals surface area (Å²) in [6.07, 6.45) is 2.68. The highest BCUT2D eigenvalue weighted by atomic mass is 32.2. The number of rotatable bonds is 2. The summed E-state index contributed by atoms with van der Waals surface area (Å²) in [7, 11) is -3.15. The largest absolute Gasteiger partial charge is 0.458 e. The highest BCUT2D eigenvalue weighted by molar-refractivity contribution is 7.89. The first-order valence-electron chi connectivity index (χ1n) is 4.07. The monoisotopic (exact) mass is 215 g/mol. The lowest BCUT2D eigenvalue weighted by Crippen LogP contribution is -2.22. The number of hydrogen-bond donors (Lipinski definition) is 1. The van der Waals surface area contributed by atoms with Crippen molar-refractivity contribution in [2.75, 3.05) is 12.3 Å². The Morgan fingerprint density at radius 1 is 1.43 bits per heavy atom. The van der Waals surface area contributed by atoms with Gasteiger partial charge >= 0.3 is 6.01 Å². The fraction of sp³-hybridized carbons (Fsp3) is 0.429. The lowest BCUT2D eigenvalue weighted by molar-refractivity contribution is 0.218. The molecule has 0 aliphatic carbocycles. The summed E-state index contributed by atoms with van der Waals surface area (Å²) < 4.78 is 29.6. The second-order valence-corrected chi connectivity index (χ2v) is 4.75. The minimum atomic E-state index is -3.15. The van der Waals surface area contributed by atoms with Crippen LogP contribution in [-0.4, -0.2) is 36.8 Å². The van der Waals surface area contributed by atoms with E-state index in [2.05, 4.69) is 14.7 Å². The summed E-state index contributed by atoms with van der Waals surface area (Å²) in [5, 5.41) is 0. The Kier molecular flexibility index (Phi) is 2.34. The first-order valence-corrected chi connectivity index (χ1v) is 5.72. The van der Waals surface area contributed by atoms with Crippen LogP contribution >= 0.6 is 0 Å². The third-order valence-electron chi connectivity index (χ3n) is 1.75. The van der Waals surface area contributed by atoms with Gasteiger partial charge in [-0.05, 0) is 6.07 Å². The SMILES string of the molecule is O=S1(=O)CC(Oc2ncccn2)CN1. The molecular formula is C7H9N3O3S. The van der Waals surface area contributed by atoms with Crippen LogP contribution in [-0.2, 0) is 10.0 Å². The summed E-state index contributed by atoms with van der Waals surface area (Å²) >= 11 is 0. The second kappa shape index (κ2) is 3.50. The number of sulfonamides is 1. The van der Waals surface area contributed by atoms with Crippen molar-refractivity contribution in [1.29, 1.82) is 0 Å². The Balaban J connectivity index is 2.01. The van der Waals surface area contributed by atoms with Crippen LogP contribution in [0.3, 0.4) is 0 Å². The van der Waals surface area contributed by atoms with Crippen molar-refractivity contribution in [2.45, 2.75) is 6.10 Å². The Morgan fingerprint density at radius 3 is 2.71 bits per heavy atom. The number of nitrogens with zero attached hydrogens (tertiary/aromatic N) is 2. The normalized spacial score (nSPS) is 24.7. The summed E-state index contributed by atoms with van der Waals surface area (Å²) in [5.41, 5.74) is 0. The quantitative estimate of drug-likeness (QED) is 0.695. The molecule has 2 rings (SSSR count). The molecule has 1 aliphatic rings. The van der Waals surface area contributed by atoms with Gasteiger partial charge < -0.3 is 4.74 Å². The number of aromatic nitrogens is 2. The molecule has 0 spiro atoms. The van der Waals surface area contributed by atoms with Crippen molar-refractivity contribution >= 4 is 10.0 Å². The average molecular weight is 215 g/mol. The first-order chi connectivity index (χ1) is 6.66. The van der Waals surface area contributed by atoms with E-state index in [1.54, 1.807) is 18.5 Å². The molecule has 1 aromatic heterocycles. The highest BCUT2D eigenvalue weighted by Crippen LogP contribution is 2.08. The molecule has 0 bridgehead atoms. The third-order valence-corrected chi connectivity index (χ3v) is 3.17. The summed E-state index contributed by atoms with van der Waals surface area (Å²) in [4.78, 5) is 7.67. The van der Waals surface area contributed by atoms with Gasteiger partial charge in [0.25, 0.3) is 0 Å². The molecule has 14 heavy (non-hydrogen) atoms. The average Bonchev–Trinajstić information content (AvgIpc) is 2.47. The molecule has 1 aromatic rings. The molecule has 6 nitrogen and oxygen atoms in total. The van der Waals surface area contributed by atoms with E-state index in [0.717, 1.165) is 0 Å². The van der Waals surface area contributed by atoms with Crippen LogP contribution in [0.25, 0.3) is 0 Å². The van der Waals surface area contributed by atoms with Crippen molar-refractivity contribution in [1.82, 2.24) is 14.7 Å². The topological polar surface area (TPSA) is 81.2 Å². The smallest absolute Gasteiger partial charge is 0.316 e. The van der Waals surface area contributed by atoms with E-state index < -0.39 is 16.1 Å². The van der Waals surface area contributed by atoms with Crippen molar-refractivity contribution < 1.29 is 13.2 Å². The Labute approximate surface area is 81.4 Å². The van der Waals surface area contributed by atoms with Crippen LogP contribution in [0, 0.1) is 0 Å². The van der Waals surface area contributed by atoms with E-state index in [0.29, 0.717) is 0 Å². The van der Waals surface area contributed by atoms with E-state index in [-0.39, 0.29) is 18.3 Å². The predicted octanol–water partition coefficient (Wildman–Crippen LogP) is -0.843. The summed E-state index contributed by atoms with van der Waals surface area (Å²) in [6, 6.07) is 1.87. The Bertz CT molecular complexity index is 405. The predicted molar refractivity (Wildman–Crippen MR) is 48.2 cm³/mol. The second-order valence-electron chi connectivity index (χ2n) is 2.90. The molecule has 1 aliphatic heterocycles. The molecule has 7 heteroatoms. The molecule has 0 amide bonds. The van der Waals surface area contributed by atoms with Crippen molar-refractivity contribution in [3.63, 3.8) is 0 Å². The lowest BCUT2D eigenvalue weighted by Gasteiger charge is -2.07. The number of ether oxygens (including phenoxy) is 1. The molecule has 76 valence electrons. The van der Waals surface area contributed by atoms with Crippen LogP contribution in [0.2, 0.25) is 0 Å². The fourth-order valence-corrected chi connectivity index (χ4v) is 2.39. The first kappa shape index (κ1) is 9.35. The van der Waals surface area contributed by atoms with Gasteiger partial charge in [-0.2, -0.15) is 0 Å². The van der Waals surface area contributed by atoms with Gasteiger partial charge in [-0.3, -0.25) is 0 Å². The highest BCUT2D eigenvalue weighted by Gasteiger charge is 2.29. The minimum absolute atomic E-state index is 0.0365. The minimum Gasteiger partial charge on any atom is -0.458 e. The molecule has 1 N–H and O–H groups in total. The van der Waals surface area contributed by atoms with Gasteiger partial charge in [0.05, 0.1) is 0 Å². The molecule has 1 fully saturated rings. The molecule has 0 radical (unpaired) electrons. The van der Waals surface area contributed by atoms with Crippen LogP contribution in [0.1, 0.15) is 0 Å². The molecule has 1 atom stereocenters. The van der Waals surface area contributed by atoms with Crippen molar-refractivity contribution in [3.8, 4) is 6.01 Å². The van der Waals surface area contributed by atoms with Gasteiger partial charge in [0, 0.05) is 18.9 Å². The van der Waals surface area contributed by atoms with Crippen LogP contribution in [0.15, 0.2) is 18.5 Å². The van der Waals surface area contributed by atoms with Crippen LogP contribution in [0.4, 0.5) is 0 Å². The fourth-order valence-electron chi connectivity index (χ4n) is 1.15. The molecule has 1 unspecified atom stereocenters. The van der Waals surface area contributed by atoms with Gasteiger partial charge in [0.15, 0.2) is 0 Å². The maximum absolute atomic E-state index is 11.0. The van der Waals surface area contributed by atoms with Gasteiger partial charge in [-0.1, -0.05) is 0 Å². The number of nitrogens with one attached hydrogen (secondary N) is 1. The van der Waals surface area contributed by atoms with Crippen LogP contribution < -0.4 is 9.46 Å². The number of hydrogen-bond acceptors (Lipinski definition) is 5. The Hall–Kier alpha value is -1.21. The van der Waals surface area contributed by atoms with E-state index in [1.807, 2.05) is 0 Å². The van der Waals surface area contributed by atoms with Crippen molar-refractivity contribution in [2.24, 2.45) is 0 Å². The zero-order chi connectivity index (χ0) is 10.0. The molecule has 0 saturated carbocycles. The van der Waals surface area contributed by atoms with Gasteiger partial charge in [-0.15, -0.1) is 0 Å². The summed E-state index contributed by atoms with van der Waals surface area (Å²) in [6.45, 7) is 0.278. The molecule has 1 saturated heterocycles. The maximum Gasteiger partial charge on any atom is 0.316 e. The van der Waals surface area contributed by atoms with Crippen LogP contribution in [0.5, 0.6) is 6.01 Å². The molecule has 0 aromatic carbocycles. The lowest BCUT2D eigenvalue weighted by atomic mass is 10.4. The summed E-state index contributed by atoms with van der Waals surface area (Å²) in [5.74, 6) is -0.0365. The zero-order valence-corrected chi connectivity index (χ0v) is 8.07. The third kappa shape index (κ3) is 2.18. The Morgan fingerprint density at radius 2 is 2.14 bits per heavy atom. The van der Waals surface area contributed by atoms with Gasteiger partial charge in [0.2, 0.25) is 10.0 Å². The van der Waals surface area contributed by atoms with E-state index in [4.69, 9.17) is 4.74 Å². The van der Waals surface area contributed by atoms with E-state index in [9.17, 15) is 8.42 Å². The van der Waals surface area contributed by atoms with E-state index >= 15 is 0 Å². The molecular weight excluding hydrogens is 206 g/mol. The molecule has 2 heterocycles.